The Kier molecular flexibility index (Phi) is 5.93. The monoisotopic (exact) mass is 381 g/mol. The van der Waals surface area contributed by atoms with Crippen LogP contribution in [0.5, 0.6) is 0 Å². The van der Waals surface area contributed by atoms with Crippen molar-refractivity contribution < 1.29 is 18.7 Å². The summed E-state index contributed by atoms with van der Waals surface area (Å²) in [5.74, 6) is 0.560. The van der Waals surface area contributed by atoms with Crippen molar-refractivity contribution in [2.45, 2.75) is 33.3 Å². The SMILES string of the molecule is Cc1ccc(-c2nn(-c3ccccc3)cc2C(=O)NCCC(=O)OC(C)C)o1. The molecule has 0 saturated heterocycles. The maximum atomic E-state index is 12.7. The molecule has 1 N–H and O–H groups in total. The number of carbonyl (C=O) groups excluding carboxylic acids is 2. The predicted octanol–water partition coefficient (Wildman–Crippen LogP) is 3.51. The standard InChI is InChI=1S/C21H23N3O4/c1-14(2)27-19(25)11-12-22-21(26)17-13-24(16-7-5-4-6-8-16)23-20(17)18-10-9-15(3)28-18/h4-10,13-14H,11-12H2,1-3H3,(H,22,26). The quantitative estimate of drug-likeness (QED) is 0.633. The summed E-state index contributed by atoms with van der Waals surface area (Å²) in [7, 11) is 0. The Morgan fingerprint density at radius 1 is 1.18 bits per heavy atom. The molecular weight excluding hydrogens is 358 g/mol. The summed E-state index contributed by atoms with van der Waals surface area (Å²) in [5, 5.41) is 7.29. The second-order valence-corrected chi connectivity index (χ2v) is 6.63. The number of nitrogens with one attached hydrogen (secondary N) is 1. The van der Waals surface area contributed by atoms with Gasteiger partial charge in [-0.05, 0) is 45.0 Å². The minimum Gasteiger partial charge on any atom is -0.463 e. The zero-order valence-corrected chi connectivity index (χ0v) is 16.1. The Morgan fingerprint density at radius 3 is 2.57 bits per heavy atom. The van der Waals surface area contributed by atoms with E-state index >= 15 is 0 Å². The van der Waals surface area contributed by atoms with E-state index < -0.39 is 0 Å². The molecule has 0 bridgehead atoms. The third kappa shape index (κ3) is 4.68. The largest absolute Gasteiger partial charge is 0.463 e. The van der Waals surface area contributed by atoms with Crippen molar-refractivity contribution >= 4 is 11.9 Å². The lowest BCUT2D eigenvalue weighted by Crippen LogP contribution is -2.27. The topological polar surface area (TPSA) is 86.4 Å². The van der Waals surface area contributed by atoms with Crippen molar-refractivity contribution in [3.8, 4) is 17.1 Å². The minimum absolute atomic E-state index is 0.103. The number of furan rings is 1. The van der Waals surface area contributed by atoms with Gasteiger partial charge in [0.25, 0.3) is 5.91 Å². The number of nitrogens with zero attached hydrogens (tertiary/aromatic N) is 2. The van der Waals surface area contributed by atoms with Gasteiger partial charge in [-0.3, -0.25) is 9.59 Å². The molecule has 3 aromatic rings. The van der Waals surface area contributed by atoms with Gasteiger partial charge in [0, 0.05) is 12.7 Å². The summed E-state index contributed by atoms with van der Waals surface area (Å²) in [6.45, 7) is 5.58. The number of para-hydroxylation sites is 1. The molecule has 0 saturated carbocycles. The number of rotatable bonds is 7. The summed E-state index contributed by atoms with van der Waals surface area (Å²) >= 11 is 0. The van der Waals surface area contributed by atoms with Crippen molar-refractivity contribution in [3.63, 3.8) is 0 Å². The molecule has 0 aliphatic carbocycles. The van der Waals surface area contributed by atoms with Crippen LogP contribution in [0.1, 0.15) is 36.4 Å². The molecule has 146 valence electrons. The fourth-order valence-corrected chi connectivity index (χ4v) is 2.69. The summed E-state index contributed by atoms with van der Waals surface area (Å²) in [6.07, 6.45) is 1.58. The summed E-state index contributed by atoms with van der Waals surface area (Å²) < 4.78 is 12.4. The molecule has 0 aliphatic heterocycles. The number of aryl methyl sites for hydroxylation is 1. The molecule has 0 unspecified atom stereocenters. The fourth-order valence-electron chi connectivity index (χ4n) is 2.69. The zero-order valence-electron chi connectivity index (χ0n) is 16.1. The van der Waals surface area contributed by atoms with E-state index in [1.165, 1.54) is 0 Å². The van der Waals surface area contributed by atoms with E-state index in [1.807, 2.05) is 43.3 Å². The van der Waals surface area contributed by atoms with Crippen LogP contribution in [0.25, 0.3) is 17.1 Å². The van der Waals surface area contributed by atoms with Crippen LogP contribution >= 0.6 is 0 Å². The average Bonchev–Trinajstić information content (AvgIpc) is 3.28. The molecule has 0 radical (unpaired) electrons. The number of carbonyl (C=O) groups is 2. The molecule has 0 aliphatic rings. The second kappa shape index (κ2) is 8.56. The van der Waals surface area contributed by atoms with Gasteiger partial charge >= 0.3 is 5.97 Å². The van der Waals surface area contributed by atoms with E-state index in [-0.39, 0.29) is 30.9 Å². The first kappa shape index (κ1) is 19.4. The lowest BCUT2D eigenvalue weighted by molar-refractivity contribution is -0.147. The molecular formula is C21H23N3O4. The van der Waals surface area contributed by atoms with E-state index in [0.717, 1.165) is 11.4 Å². The van der Waals surface area contributed by atoms with Crippen LogP contribution < -0.4 is 5.32 Å². The van der Waals surface area contributed by atoms with Crippen molar-refractivity contribution in [1.29, 1.82) is 0 Å². The van der Waals surface area contributed by atoms with Crippen molar-refractivity contribution in [2.75, 3.05) is 6.54 Å². The molecule has 7 nitrogen and oxygen atoms in total. The molecule has 3 rings (SSSR count). The van der Waals surface area contributed by atoms with Gasteiger partial charge in [0.05, 0.1) is 23.8 Å². The highest BCUT2D eigenvalue weighted by molar-refractivity contribution is 5.99. The Bertz CT molecular complexity index is 957. The molecule has 2 aromatic heterocycles. The van der Waals surface area contributed by atoms with E-state index in [4.69, 9.17) is 9.15 Å². The smallest absolute Gasteiger partial charge is 0.307 e. The Morgan fingerprint density at radius 2 is 1.93 bits per heavy atom. The van der Waals surface area contributed by atoms with Gasteiger partial charge in [0.15, 0.2) is 5.76 Å². The van der Waals surface area contributed by atoms with Gasteiger partial charge in [-0.25, -0.2) is 4.68 Å². The van der Waals surface area contributed by atoms with Crippen molar-refractivity contribution in [1.82, 2.24) is 15.1 Å². The number of hydrogen-bond acceptors (Lipinski definition) is 5. The summed E-state index contributed by atoms with van der Waals surface area (Å²) in [4.78, 5) is 24.4. The van der Waals surface area contributed by atoms with Crippen LogP contribution in [0.2, 0.25) is 0 Å². The molecule has 0 spiro atoms. The predicted molar refractivity (Wildman–Crippen MR) is 104 cm³/mol. The highest BCUT2D eigenvalue weighted by atomic mass is 16.5. The Hall–Kier alpha value is -3.35. The van der Waals surface area contributed by atoms with E-state index in [9.17, 15) is 9.59 Å². The van der Waals surface area contributed by atoms with Crippen LogP contribution in [0.15, 0.2) is 53.1 Å². The van der Waals surface area contributed by atoms with Gasteiger partial charge in [-0.15, -0.1) is 0 Å². The normalized spacial score (nSPS) is 10.9. The number of esters is 1. The van der Waals surface area contributed by atoms with Crippen LogP contribution in [0.4, 0.5) is 0 Å². The maximum Gasteiger partial charge on any atom is 0.307 e. The third-order valence-electron chi connectivity index (χ3n) is 3.94. The number of benzene rings is 1. The second-order valence-electron chi connectivity index (χ2n) is 6.63. The molecule has 2 heterocycles. The van der Waals surface area contributed by atoms with Crippen LogP contribution in [-0.2, 0) is 9.53 Å². The molecule has 0 atom stereocenters. The number of ether oxygens (including phenoxy) is 1. The fraction of sp³-hybridized carbons (Fsp3) is 0.286. The molecule has 28 heavy (non-hydrogen) atoms. The van der Waals surface area contributed by atoms with Gasteiger partial charge < -0.3 is 14.5 Å². The first-order valence-corrected chi connectivity index (χ1v) is 9.13. The van der Waals surface area contributed by atoms with Crippen LogP contribution in [0.3, 0.4) is 0 Å². The average molecular weight is 381 g/mol. The first-order valence-electron chi connectivity index (χ1n) is 9.13. The minimum atomic E-state index is -0.350. The highest BCUT2D eigenvalue weighted by Gasteiger charge is 2.21. The van der Waals surface area contributed by atoms with E-state index in [2.05, 4.69) is 10.4 Å². The van der Waals surface area contributed by atoms with E-state index in [0.29, 0.717) is 17.0 Å². The molecule has 7 heteroatoms. The first-order chi connectivity index (χ1) is 13.4. The van der Waals surface area contributed by atoms with Gasteiger partial charge in [-0.2, -0.15) is 5.10 Å². The lowest BCUT2D eigenvalue weighted by Gasteiger charge is -2.08. The maximum absolute atomic E-state index is 12.7. The molecule has 1 aromatic carbocycles. The van der Waals surface area contributed by atoms with Gasteiger partial charge in [0.1, 0.15) is 11.5 Å². The summed E-state index contributed by atoms with van der Waals surface area (Å²) in [5.41, 5.74) is 1.64. The lowest BCUT2D eigenvalue weighted by atomic mass is 10.2. The summed E-state index contributed by atoms with van der Waals surface area (Å²) in [6, 6.07) is 13.1. The molecule has 0 fully saturated rings. The van der Waals surface area contributed by atoms with Crippen molar-refractivity contribution in [2.24, 2.45) is 0 Å². The molecule has 1 amide bonds. The van der Waals surface area contributed by atoms with Gasteiger partial charge in [-0.1, -0.05) is 18.2 Å². The Balaban J connectivity index is 1.81. The Labute approximate surface area is 163 Å². The number of hydrogen-bond donors (Lipinski definition) is 1. The zero-order chi connectivity index (χ0) is 20.1. The van der Waals surface area contributed by atoms with Crippen molar-refractivity contribution in [3.05, 3.63) is 60.0 Å². The van der Waals surface area contributed by atoms with Crippen LogP contribution in [0, 0.1) is 6.92 Å². The van der Waals surface area contributed by atoms with Crippen LogP contribution in [-0.4, -0.2) is 34.3 Å². The van der Waals surface area contributed by atoms with Gasteiger partial charge in [0.2, 0.25) is 0 Å². The highest BCUT2D eigenvalue weighted by Crippen LogP contribution is 2.25. The van der Waals surface area contributed by atoms with E-state index in [1.54, 1.807) is 30.8 Å². The number of amides is 1. The third-order valence-corrected chi connectivity index (χ3v) is 3.94. The number of aromatic nitrogens is 2.